The zero-order valence-corrected chi connectivity index (χ0v) is 8.33. The first-order valence-electron chi connectivity index (χ1n) is 4.59. The summed E-state index contributed by atoms with van der Waals surface area (Å²) in [5, 5.41) is 29.1. The number of hydrogen-bond donors (Lipinski definition) is 2. The van der Waals surface area contributed by atoms with Crippen LogP contribution >= 0.6 is 0 Å². The van der Waals surface area contributed by atoms with Crippen molar-refractivity contribution in [3.8, 4) is 0 Å². The third kappa shape index (κ3) is 2.74. The summed E-state index contributed by atoms with van der Waals surface area (Å²) in [6.07, 6.45) is -0.880. The average molecular weight is 211 g/mol. The standard InChI is InChI=1S/C10H13NO4/c1-7(6-12)10(13)8-3-2-4-9(5-8)11(14)15/h2-5,7,10,12-13H,6H2,1H3. The van der Waals surface area contributed by atoms with Gasteiger partial charge in [0.2, 0.25) is 0 Å². The molecule has 1 aromatic rings. The van der Waals surface area contributed by atoms with E-state index in [0.717, 1.165) is 0 Å². The van der Waals surface area contributed by atoms with Gasteiger partial charge in [0.05, 0.1) is 11.0 Å². The van der Waals surface area contributed by atoms with Gasteiger partial charge in [-0.15, -0.1) is 0 Å². The van der Waals surface area contributed by atoms with E-state index in [-0.39, 0.29) is 18.2 Å². The third-order valence-corrected chi connectivity index (χ3v) is 2.25. The van der Waals surface area contributed by atoms with Gasteiger partial charge in [-0.3, -0.25) is 10.1 Å². The summed E-state index contributed by atoms with van der Waals surface area (Å²) in [6, 6.07) is 5.79. The second kappa shape index (κ2) is 4.86. The summed E-state index contributed by atoms with van der Waals surface area (Å²) in [5.74, 6) is -0.341. The molecule has 0 saturated carbocycles. The summed E-state index contributed by atoms with van der Waals surface area (Å²) in [6.45, 7) is 1.51. The largest absolute Gasteiger partial charge is 0.396 e. The Balaban J connectivity index is 2.94. The summed E-state index contributed by atoms with van der Waals surface area (Å²) < 4.78 is 0. The van der Waals surface area contributed by atoms with Crippen LogP contribution in [-0.4, -0.2) is 21.7 Å². The van der Waals surface area contributed by atoms with Crippen LogP contribution in [0.4, 0.5) is 5.69 Å². The van der Waals surface area contributed by atoms with Crippen LogP contribution in [0.15, 0.2) is 24.3 Å². The van der Waals surface area contributed by atoms with Crippen molar-refractivity contribution in [2.75, 3.05) is 6.61 Å². The van der Waals surface area contributed by atoms with E-state index < -0.39 is 11.0 Å². The molecule has 2 unspecified atom stereocenters. The molecule has 0 spiro atoms. The van der Waals surface area contributed by atoms with Gasteiger partial charge in [0, 0.05) is 24.7 Å². The third-order valence-electron chi connectivity index (χ3n) is 2.25. The van der Waals surface area contributed by atoms with Crippen LogP contribution in [0.5, 0.6) is 0 Å². The monoisotopic (exact) mass is 211 g/mol. The van der Waals surface area contributed by atoms with Gasteiger partial charge in [-0.25, -0.2) is 0 Å². The van der Waals surface area contributed by atoms with Crippen molar-refractivity contribution >= 4 is 5.69 Å². The van der Waals surface area contributed by atoms with Crippen LogP contribution in [0, 0.1) is 16.0 Å². The van der Waals surface area contributed by atoms with Gasteiger partial charge < -0.3 is 10.2 Å². The maximum atomic E-state index is 10.5. The van der Waals surface area contributed by atoms with Gasteiger partial charge in [0.15, 0.2) is 0 Å². The Hall–Kier alpha value is -1.46. The molecule has 2 atom stereocenters. The predicted octanol–water partition coefficient (Wildman–Crippen LogP) is 1.26. The van der Waals surface area contributed by atoms with Crippen LogP contribution in [0.1, 0.15) is 18.6 Å². The molecule has 0 aromatic heterocycles. The maximum absolute atomic E-state index is 10.5. The molecule has 82 valence electrons. The number of aliphatic hydroxyl groups excluding tert-OH is 2. The number of non-ortho nitro benzene ring substituents is 1. The Morgan fingerprint density at radius 2 is 2.20 bits per heavy atom. The molecule has 5 heteroatoms. The summed E-state index contributed by atoms with van der Waals surface area (Å²) >= 11 is 0. The highest BCUT2D eigenvalue weighted by molar-refractivity contribution is 5.35. The van der Waals surface area contributed by atoms with Crippen LogP contribution in [0.2, 0.25) is 0 Å². The Morgan fingerprint density at radius 3 is 2.73 bits per heavy atom. The van der Waals surface area contributed by atoms with Crippen LogP contribution in [0.25, 0.3) is 0 Å². The molecule has 0 aliphatic heterocycles. The molecule has 5 nitrogen and oxygen atoms in total. The molecule has 0 saturated heterocycles. The molecule has 0 amide bonds. The van der Waals surface area contributed by atoms with E-state index in [1.165, 1.54) is 18.2 Å². The lowest BCUT2D eigenvalue weighted by Crippen LogP contribution is -2.13. The number of benzene rings is 1. The fraction of sp³-hybridized carbons (Fsp3) is 0.400. The average Bonchev–Trinajstić information content (AvgIpc) is 2.27. The molecule has 0 bridgehead atoms. The zero-order valence-electron chi connectivity index (χ0n) is 8.33. The Morgan fingerprint density at radius 1 is 1.53 bits per heavy atom. The molecule has 1 aromatic carbocycles. The molecule has 0 radical (unpaired) electrons. The maximum Gasteiger partial charge on any atom is 0.269 e. The van der Waals surface area contributed by atoms with E-state index in [9.17, 15) is 15.2 Å². The SMILES string of the molecule is CC(CO)C(O)c1cccc([N+](=O)[O-])c1. The molecule has 0 aliphatic rings. The molecule has 0 heterocycles. The fourth-order valence-corrected chi connectivity index (χ4v) is 1.25. The first-order chi connectivity index (χ1) is 7.06. The van der Waals surface area contributed by atoms with E-state index in [1.807, 2.05) is 0 Å². The minimum absolute atomic E-state index is 0.0586. The van der Waals surface area contributed by atoms with Crippen molar-refractivity contribution in [3.05, 3.63) is 39.9 Å². The molecule has 1 rings (SSSR count). The smallest absolute Gasteiger partial charge is 0.269 e. The molecule has 0 aliphatic carbocycles. The fourth-order valence-electron chi connectivity index (χ4n) is 1.25. The lowest BCUT2D eigenvalue weighted by atomic mass is 9.98. The van der Waals surface area contributed by atoms with Gasteiger partial charge in [-0.2, -0.15) is 0 Å². The van der Waals surface area contributed by atoms with Gasteiger partial charge in [0.25, 0.3) is 5.69 Å². The number of nitro groups is 1. The highest BCUT2D eigenvalue weighted by atomic mass is 16.6. The minimum atomic E-state index is -0.880. The highest BCUT2D eigenvalue weighted by Gasteiger charge is 2.17. The van der Waals surface area contributed by atoms with E-state index in [0.29, 0.717) is 5.56 Å². The number of nitrogens with zero attached hydrogens (tertiary/aromatic N) is 1. The van der Waals surface area contributed by atoms with Crippen molar-refractivity contribution in [1.29, 1.82) is 0 Å². The molecular formula is C10H13NO4. The van der Waals surface area contributed by atoms with E-state index >= 15 is 0 Å². The zero-order chi connectivity index (χ0) is 11.4. The normalized spacial score (nSPS) is 14.6. The molecule has 2 N–H and O–H groups in total. The summed E-state index contributed by atoms with van der Waals surface area (Å²) in [4.78, 5) is 9.98. The van der Waals surface area contributed by atoms with Crippen molar-refractivity contribution in [3.63, 3.8) is 0 Å². The second-order valence-corrected chi connectivity index (χ2v) is 3.46. The van der Waals surface area contributed by atoms with Crippen molar-refractivity contribution in [1.82, 2.24) is 0 Å². The highest BCUT2D eigenvalue weighted by Crippen LogP contribution is 2.24. The number of nitro benzene ring substituents is 1. The number of rotatable bonds is 4. The summed E-state index contributed by atoms with van der Waals surface area (Å²) in [5.41, 5.74) is 0.391. The lowest BCUT2D eigenvalue weighted by Gasteiger charge is -2.16. The summed E-state index contributed by atoms with van der Waals surface area (Å²) in [7, 11) is 0. The van der Waals surface area contributed by atoms with Gasteiger partial charge in [-0.05, 0) is 5.56 Å². The number of hydrogen-bond acceptors (Lipinski definition) is 4. The number of aliphatic hydroxyl groups is 2. The van der Waals surface area contributed by atoms with Crippen molar-refractivity contribution in [2.24, 2.45) is 5.92 Å². The van der Waals surface area contributed by atoms with Crippen molar-refractivity contribution in [2.45, 2.75) is 13.0 Å². The Labute approximate surface area is 87.1 Å². The van der Waals surface area contributed by atoms with Gasteiger partial charge in [-0.1, -0.05) is 19.1 Å². The quantitative estimate of drug-likeness (QED) is 0.580. The first kappa shape index (κ1) is 11.6. The van der Waals surface area contributed by atoms with Gasteiger partial charge in [0.1, 0.15) is 0 Å². The van der Waals surface area contributed by atoms with E-state index in [4.69, 9.17) is 5.11 Å². The second-order valence-electron chi connectivity index (χ2n) is 3.46. The lowest BCUT2D eigenvalue weighted by molar-refractivity contribution is -0.385. The Bertz CT molecular complexity index is 353. The topological polar surface area (TPSA) is 83.6 Å². The minimum Gasteiger partial charge on any atom is -0.396 e. The van der Waals surface area contributed by atoms with Crippen molar-refractivity contribution < 1.29 is 15.1 Å². The molecule has 15 heavy (non-hydrogen) atoms. The van der Waals surface area contributed by atoms with Gasteiger partial charge >= 0.3 is 0 Å². The van der Waals surface area contributed by atoms with Crippen LogP contribution in [0.3, 0.4) is 0 Å². The van der Waals surface area contributed by atoms with E-state index in [1.54, 1.807) is 13.0 Å². The molecule has 0 fully saturated rings. The van der Waals surface area contributed by atoms with Crippen LogP contribution in [-0.2, 0) is 0 Å². The van der Waals surface area contributed by atoms with Crippen LogP contribution < -0.4 is 0 Å². The Kier molecular flexibility index (Phi) is 3.76. The first-order valence-corrected chi connectivity index (χ1v) is 4.59. The molecular weight excluding hydrogens is 198 g/mol. The predicted molar refractivity (Wildman–Crippen MR) is 54.3 cm³/mol. The van der Waals surface area contributed by atoms with E-state index in [2.05, 4.69) is 0 Å².